The van der Waals surface area contributed by atoms with E-state index < -0.39 is 24.0 Å². The number of hydrogen-bond acceptors (Lipinski definition) is 5. The van der Waals surface area contributed by atoms with Crippen molar-refractivity contribution < 1.29 is 19.9 Å². The number of carbonyl (C=O) groups is 2. The molecule has 35 heavy (non-hydrogen) atoms. The van der Waals surface area contributed by atoms with Crippen molar-refractivity contribution in [3.63, 3.8) is 0 Å². The van der Waals surface area contributed by atoms with E-state index in [9.17, 15) is 14.7 Å². The van der Waals surface area contributed by atoms with Crippen LogP contribution >= 0.6 is 0 Å². The van der Waals surface area contributed by atoms with Crippen LogP contribution in [0.25, 0.3) is 0 Å². The van der Waals surface area contributed by atoms with Crippen molar-refractivity contribution in [2.45, 2.75) is 39.6 Å². The summed E-state index contributed by atoms with van der Waals surface area (Å²) in [5.74, 6) is 4.72. The number of hydroxylamine groups is 1. The number of hydrogen-bond donors (Lipinski definition) is 5. The van der Waals surface area contributed by atoms with Crippen molar-refractivity contribution in [3.8, 4) is 11.8 Å². The minimum atomic E-state index is -1.27. The molecule has 0 aliphatic heterocycles. The zero-order chi connectivity index (χ0) is 24.3. The summed E-state index contributed by atoms with van der Waals surface area (Å²) in [6, 6.07) is 23.5. The number of aliphatic hydroxyl groups is 1. The number of rotatable bonds is 8. The number of amides is 2. The first-order valence-electron chi connectivity index (χ1n) is 10.8. The summed E-state index contributed by atoms with van der Waals surface area (Å²) >= 11 is 0. The van der Waals surface area contributed by atoms with Gasteiger partial charge in [-0.1, -0.05) is 61.7 Å². The average molecular weight is 474 g/mol. The highest BCUT2D eigenvalue weighted by Gasteiger charge is 2.25. The normalized spacial score (nSPS) is 11.7. The Hall–Kier alpha value is -3.96. The maximum absolute atomic E-state index is 12.3. The van der Waals surface area contributed by atoms with Crippen molar-refractivity contribution in [1.82, 2.24) is 16.1 Å². The Labute approximate surface area is 206 Å². The van der Waals surface area contributed by atoms with E-state index in [2.05, 4.69) is 34.6 Å². The number of nitrogens with one attached hydrogen (secondary N) is 3. The van der Waals surface area contributed by atoms with Crippen LogP contribution in [-0.4, -0.2) is 34.3 Å². The minimum Gasteiger partial charge on any atom is -0.391 e. The van der Waals surface area contributed by atoms with Crippen LogP contribution in [0.2, 0.25) is 0 Å². The van der Waals surface area contributed by atoms with E-state index in [1.165, 1.54) is 23.5 Å². The molecule has 0 fully saturated rings. The van der Waals surface area contributed by atoms with Gasteiger partial charge < -0.3 is 15.7 Å². The summed E-state index contributed by atoms with van der Waals surface area (Å²) in [6.45, 7) is 2.92. The van der Waals surface area contributed by atoms with E-state index in [1.807, 2.05) is 42.5 Å². The van der Waals surface area contributed by atoms with Crippen molar-refractivity contribution in [2.24, 2.45) is 0 Å². The molecule has 7 heteroatoms. The van der Waals surface area contributed by atoms with E-state index in [-0.39, 0.29) is 7.43 Å². The Balaban J connectivity index is 0.00000432. The van der Waals surface area contributed by atoms with E-state index in [0.29, 0.717) is 5.56 Å². The SMILES string of the molecule is C.C[C@@H](O)[C@H](NC(=O)c1ccc(C#Cc2ccc(CNCc3ccccc3)cc2)cc1)C(=O)NO. The third kappa shape index (κ3) is 8.40. The molecule has 0 aliphatic rings. The molecule has 0 bridgehead atoms. The molecule has 0 unspecified atom stereocenters. The Morgan fingerprint density at radius 2 is 1.34 bits per heavy atom. The quantitative estimate of drug-likeness (QED) is 0.196. The Kier molecular flexibility index (Phi) is 10.7. The Morgan fingerprint density at radius 3 is 1.86 bits per heavy atom. The summed E-state index contributed by atoms with van der Waals surface area (Å²) < 4.78 is 0. The highest BCUT2D eigenvalue weighted by Crippen LogP contribution is 2.07. The second-order valence-electron chi connectivity index (χ2n) is 7.78. The third-order valence-corrected chi connectivity index (χ3v) is 5.11. The molecule has 0 aliphatic carbocycles. The van der Waals surface area contributed by atoms with Gasteiger partial charge in [0, 0.05) is 29.8 Å². The summed E-state index contributed by atoms with van der Waals surface area (Å²) in [5, 5.41) is 24.2. The van der Waals surface area contributed by atoms with Gasteiger partial charge in [-0.3, -0.25) is 14.8 Å². The fourth-order valence-electron chi connectivity index (χ4n) is 3.20. The van der Waals surface area contributed by atoms with Gasteiger partial charge in [-0.25, -0.2) is 5.48 Å². The molecule has 0 aromatic heterocycles. The van der Waals surface area contributed by atoms with Crippen LogP contribution in [0.1, 0.15) is 47.0 Å². The van der Waals surface area contributed by atoms with Crippen molar-refractivity contribution >= 4 is 11.8 Å². The lowest BCUT2D eigenvalue weighted by Crippen LogP contribution is -2.51. The number of aliphatic hydroxyl groups excluding tert-OH is 1. The van der Waals surface area contributed by atoms with E-state index >= 15 is 0 Å². The lowest BCUT2D eigenvalue weighted by molar-refractivity contribution is -0.133. The van der Waals surface area contributed by atoms with Crippen LogP contribution in [0, 0.1) is 11.8 Å². The van der Waals surface area contributed by atoms with Gasteiger partial charge in [-0.15, -0.1) is 0 Å². The van der Waals surface area contributed by atoms with Gasteiger partial charge >= 0.3 is 0 Å². The highest BCUT2D eigenvalue weighted by atomic mass is 16.5. The molecule has 5 N–H and O–H groups in total. The monoisotopic (exact) mass is 473 g/mol. The maximum Gasteiger partial charge on any atom is 0.268 e. The first-order chi connectivity index (χ1) is 16.5. The number of benzene rings is 3. The van der Waals surface area contributed by atoms with Gasteiger partial charge in [0.15, 0.2) is 0 Å². The lowest BCUT2D eigenvalue weighted by Gasteiger charge is -2.19. The fourth-order valence-corrected chi connectivity index (χ4v) is 3.20. The molecule has 3 rings (SSSR count). The second kappa shape index (κ2) is 13.7. The average Bonchev–Trinajstić information content (AvgIpc) is 2.87. The van der Waals surface area contributed by atoms with E-state index in [0.717, 1.165) is 24.2 Å². The largest absolute Gasteiger partial charge is 0.391 e. The van der Waals surface area contributed by atoms with Gasteiger partial charge in [0.2, 0.25) is 0 Å². The van der Waals surface area contributed by atoms with Gasteiger partial charge in [0.05, 0.1) is 6.10 Å². The van der Waals surface area contributed by atoms with Crippen LogP contribution in [0.3, 0.4) is 0 Å². The lowest BCUT2D eigenvalue weighted by atomic mass is 10.1. The van der Waals surface area contributed by atoms with E-state index in [4.69, 9.17) is 5.21 Å². The van der Waals surface area contributed by atoms with Gasteiger partial charge in [-0.2, -0.15) is 0 Å². The van der Waals surface area contributed by atoms with Crippen LogP contribution in [-0.2, 0) is 17.9 Å². The summed E-state index contributed by atoms with van der Waals surface area (Å²) in [5.41, 5.74) is 5.75. The van der Waals surface area contributed by atoms with Crippen LogP contribution in [0.5, 0.6) is 0 Å². The maximum atomic E-state index is 12.3. The molecule has 2 amide bonds. The van der Waals surface area contributed by atoms with Crippen LogP contribution in [0.4, 0.5) is 0 Å². The van der Waals surface area contributed by atoms with E-state index in [1.54, 1.807) is 24.3 Å². The smallest absolute Gasteiger partial charge is 0.268 e. The number of carbonyl (C=O) groups excluding carboxylic acids is 2. The minimum absolute atomic E-state index is 0. The predicted molar refractivity (Wildman–Crippen MR) is 135 cm³/mol. The van der Waals surface area contributed by atoms with Crippen molar-refractivity contribution in [1.29, 1.82) is 0 Å². The zero-order valence-electron chi connectivity index (χ0n) is 18.8. The predicted octanol–water partition coefficient (Wildman–Crippen LogP) is 3.00. The highest BCUT2D eigenvalue weighted by molar-refractivity contribution is 5.97. The van der Waals surface area contributed by atoms with Crippen molar-refractivity contribution in [2.75, 3.05) is 0 Å². The molecule has 3 aromatic carbocycles. The van der Waals surface area contributed by atoms with Crippen LogP contribution < -0.4 is 16.1 Å². The molecule has 182 valence electrons. The second-order valence-corrected chi connectivity index (χ2v) is 7.78. The van der Waals surface area contributed by atoms with Crippen LogP contribution in [0.15, 0.2) is 78.9 Å². The van der Waals surface area contributed by atoms with Gasteiger partial charge in [0.1, 0.15) is 6.04 Å². The molecule has 0 saturated carbocycles. The molecule has 0 spiro atoms. The molecule has 0 heterocycles. The first kappa shape index (κ1) is 27.3. The third-order valence-electron chi connectivity index (χ3n) is 5.11. The van der Waals surface area contributed by atoms with Gasteiger partial charge in [0.25, 0.3) is 11.8 Å². The van der Waals surface area contributed by atoms with Gasteiger partial charge in [-0.05, 0) is 54.4 Å². The molecule has 0 radical (unpaired) electrons. The summed E-state index contributed by atoms with van der Waals surface area (Å²) in [4.78, 5) is 23.9. The topological polar surface area (TPSA) is 111 Å². The molecule has 2 atom stereocenters. The molecule has 0 saturated heterocycles. The summed E-state index contributed by atoms with van der Waals surface area (Å²) in [6.07, 6.45) is -1.17. The Morgan fingerprint density at radius 1 is 0.829 bits per heavy atom. The molecular formula is C28H31N3O4. The first-order valence-corrected chi connectivity index (χ1v) is 10.8. The standard InChI is InChI=1S/C27H27N3O4.CH4/c1-19(31)25(27(33)30-34)29-26(32)24-15-13-21(14-16-24)8-7-20-9-11-23(12-10-20)18-28-17-22-5-3-2-4-6-22;/h2-6,9-16,19,25,28,31,34H,17-18H2,1H3,(H,29,32)(H,30,33);1H4/t19-,25+;/m1./s1. The zero-order valence-corrected chi connectivity index (χ0v) is 18.8. The fraction of sp³-hybridized carbons (Fsp3) is 0.214. The molecular weight excluding hydrogens is 442 g/mol. The Bertz CT molecular complexity index is 1150. The molecule has 7 nitrogen and oxygen atoms in total. The van der Waals surface area contributed by atoms with Crippen molar-refractivity contribution in [3.05, 3.63) is 107 Å². The molecule has 3 aromatic rings. The summed E-state index contributed by atoms with van der Waals surface area (Å²) in [7, 11) is 0.